The first-order valence-electron chi connectivity index (χ1n) is 5.40. The average Bonchev–Trinajstić information content (AvgIpc) is 2.78. The van der Waals surface area contributed by atoms with E-state index in [1.807, 2.05) is 0 Å². The molecule has 4 nitrogen and oxygen atoms in total. The fraction of sp³-hybridized carbons (Fsp3) is 0.0769. The van der Waals surface area contributed by atoms with Gasteiger partial charge in [-0.2, -0.15) is 0 Å². The second-order valence-corrected chi connectivity index (χ2v) is 5.41. The highest BCUT2D eigenvalue weighted by Crippen LogP contribution is 2.23. The van der Waals surface area contributed by atoms with Crippen molar-refractivity contribution in [3.05, 3.63) is 45.6 Å². The second kappa shape index (κ2) is 5.86. The standard InChI is InChI=1S/C13H10ClNO3S/c1-8(16)15-9-2-4-10(5-3-9)18-13(17)11-6-7-12(14)19-11/h2-7H,1H3,(H,15,16). The molecule has 98 valence electrons. The van der Waals surface area contributed by atoms with Gasteiger partial charge < -0.3 is 10.1 Å². The summed E-state index contributed by atoms with van der Waals surface area (Å²) in [6, 6.07) is 9.79. The molecule has 6 heteroatoms. The van der Waals surface area contributed by atoms with Gasteiger partial charge in [-0.15, -0.1) is 11.3 Å². The summed E-state index contributed by atoms with van der Waals surface area (Å²) in [5.74, 6) is -0.203. The molecule has 19 heavy (non-hydrogen) atoms. The van der Waals surface area contributed by atoms with Crippen LogP contribution in [0.4, 0.5) is 5.69 Å². The molecular formula is C13H10ClNO3S. The van der Waals surface area contributed by atoms with Gasteiger partial charge >= 0.3 is 5.97 Å². The van der Waals surface area contributed by atoms with E-state index in [1.165, 1.54) is 6.92 Å². The summed E-state index contributed by atoms with van der Waals surface area (Å²) in [7, 11) is 0. The third-order valence-electron chi connectivity index (χ3n) is 2.16. The van der Waals surface area contributed by atoms with E-state index in [9.17, 15) is 9.59 Å². The number of halogens is 1. The zero-order valence-corrected chi connectivity index (χ0v) is 11.5. The summed E-state index contributed by atoms with van der Waals surface area (Å²) in [6.07, 6.45) is 0. The van der Waals surface area contributed by atoms with Crippen molar-refractivity contribution in [1.29, 1.82) is 0 Å². The molecule has 0 saturated heterocycles. The van der Waals surface area contributed by atoms with Crippen molar-refractivity contribution in [3.63, 3.8) is 0 Å². The summed E-state index contributed by atoms with van der Waals surface area (Å²) in [4.78, 5) is 23.0. The first-order valence-corrected chi connectivity index (χ1v) is 6.59. The van der Waals surface area contributed by atoms with Gasteiger partial charge in [0.25, 0.3) is 0 Å². The van der Waals surface area contributed by atoms with Gasteiger partial charge in [-0.05, 0) is 36.4 Å². The lowest BCUT2D eigenvalue weighted by Crippen LogP contribution is -2.07. The Kier molecular flexibility index (Phi) is 4.19. The third-order valence-corrected chi connectivity index (χ3v) is 3.37. The second-order valence-electron chi connectivity index (χ2n) is 3.70. The van der Waals surface area contributed by atoms with Crippen molar-refractivity contribution in [2.24, 2.45) is 0 Å². The minimum Gasteiger partial charge on any atom is -0.422 e. The van der Waals surface area contributed by atoms with Gasteiger partial charge in [0.15, 0.2) is 0 Å². The number of esters is 1. The number of hydrogen-bond acceptors (Lipinski definition) is 4. The smallest absolute Gasteiger partial charge is 0.353 e. The van der Waals surface area contributed by atoms with Gasteiger partial charge in [0.1, 0.15) is 10.6 Å². The van der Waals surface area contributed by atoms with Crippen LogP contribution in [-0.2, 0) is 4.79 Å². The fourth-order valence-electron chi connectivity index (χ4n) is 1.39. The Hall–Kier alpha value is -1.85. The normalized spacial score (nSPS) is 10.0. The van der Waals surface area contributed by atoms with Gasteiger partial charge in [0.05, 0.1) is 4.34 Å². The number of nitrogens with one attached hydrogen (secondary N) is 1. The van der Waals surface area contributed by atoms with Crippen molar-refractivity contribution in [1.82, 2.24) is 0 Å². The molecule has 1 aromatic heterocycles. The molecule has 0 radical (unpaired) electrons. The van der Waals surface area contributed by atoms with E-state index in [-0.39, 0.29) is 5.91 Å². The number of carbonyl (C=O) groups excluding carboxylic acids is 2. The topological polar surface area (TPSA) is 55.4 Å². The van der Waals surface area contributed by atoms with E-state index < -0.39 is 5.97 Å². The number of amides is 1. The lowest BCUT2D eigenvalue weighted by atomic mass is 10.3. The molecule has 0 aliphatic carbocycles. The monoisotopic (exact) mass is 295 g/mol. The van der Waals surface area contributed by atoms with Crippen molar-refractivity contribution in [2.45, 2.75) is 6.92 Å². The van der Waals surface area contributed by atoms with Crippen molar-refractivity contribution >= 4 is 40.5 Å². The van der Waals surface area contributed by atoms with E-state index in [1.54, 1.807) is 36.4 Å². The van der Waals surface area contributed by atoms with Gasteiger partial charge in [-0.1, -0.05) is 11.6 Å². The first kappa shape index (κ1) is 13.6. The van der Waals surface area contributed by atoms with Gasteiger partial charge in [-0.25, -0.2) is 4.79 Å². The Morgan fingerprint density at radius 2 is 1.84 bits per heavy atom. The Morgan fingerprint density at radius 1 is 1.16 bits per heavy atom. The maximum atomic E-state index is 11.7. The molecule has 0 aliphatic heterocycles. The van der Waals surface area contributed by atoms with E-state index in [0.29, 0.717) is 20.7 Å². The van der Waals surface area contributed by atoms with Gasteiger partial charge in [0, 0.05) is 12.6 Å². The SMILES string of the molecule is CC(=O)Nc1ccc(OC(=O)c2ccc(Cl)s2)cc1. The molecule has 0 unspecified atom stereocenters. The van der Waals surface area contributed by atoms with Crippen molar-refractivity contribution < 1.29 is 14.3 Å². The molecule has 0 saturated carbocycles. The number of benzene rings is 1. The third kappa shape index (κ3) is 3.81. The van der Waals surface area contributed by atoms with Crippen LogP contribution in [0.2, 0.25) is 4.34 Å². The molecular weight excluding hydrogens is 286 g/mol. The van der Waals surface area contributed by atoms with Crippen LogP contribution < -0.4 is 10.1 Å². The molecule has 1 N–H and O–H groups in total. The summed E-state index contributed by atoms with van der Waals surface area (Å²) in [5, 5.41) is 2.63. The molecule has 1 amide bonds. The molecule has 2 aromatic rings. The Morgan fingerprint density at radius 3 is 2.37 bits per heavy atom. The highest BCUT2D eigenvalue weighted by Gasteiger charge is 2.11. The summed E-state index contributed by atoms with van der Waals surface area (Å²) < 4.78 is 5.71. The molecule has 0 spiro atoms. The number of rotatable bonds is 3. The van der Waals surface area contributed by atoms with Crippen molar-refractivity contribution in [2.75, 3.05) is 5.32 Å². The minimum absolute atomic E-state index is 0.155. The zero-order valence-electron chi connectivity index (χ0n) is 9.98. The predicted octanol–water partition coefficient (Wildman–Crippen LogP) is 3.58. The molecule has 0 atom stereocenters. The number of hydrogen-bond donors (Lipinski definition) is 1. The van der Waals surface area contributed by atoms with Crippen LogP contribution in [-0.4, -0.2) is 11.9 Å². The largest absolute Gasteiger partial charge is 0.422 e. The molecule has 1 heterocycles. The molecule has 0 fully saturated rings. The van der Waals surface area contributed by atoms with Gasteiger partial charge in [0.2, 0.25) is 5.91 Å². The van der Waals surface area contributed by atoms with Crippen LogP contribution in [0.3, 0.4) is 0 Å². The maximum Gasteiger partial charge on any atom is 0.353 e. The van der Waals surface area contributed by atoms with Gasteiger partial charge in [-0.3, -0.25) is 4.79 Å². The van der Waals surface area contributed by atoms with E-state index in [0.717, 1.165) is 11.3 Å². The summed E-state index contributed by atoms with van der Waals surface area (Å²) >= 11 is 6.91. The van der Waals surface area contributed by atoms with Crippen LogP contribution in [0.25, 0.3) is 0 Å². The highest BCUT2D eigenvalue weighted by atomic mass is 35.5. The molecule has 1 aromatic carbocycles. The number of ether oxygens (including phenoxy) is 1. The maximum absolute atomic E-state index is 11.7. The zero-order chi connectivity index (χ0) is 13.8. The van der Waals surface area contributed by atoms with Crippen LogP contribution in [0, 0.1) is 0 Å². The van der Waals surface area contributed by atoms with Crippen LogP contribution >= 0.6 is 22.9 Å². The number of anilines is 1. The average molecular weight is 296 g/mol. The highest BCUT2D eigenvalue weighted by molar-refractivity contribution is 7.17. The molecule has 2 rings (SSSR count). The lowest BCUT2D eigenvalue weighted by Gasteiger charge is -2.05. The van der Waals surface area contributed by atoms with Crippen LogP contribution in [0.15, 0.2) is 36.4 Å². The minimum atomic E-state index is -0.454. The van der Waals surface area contributed by atoms with Crippen LogP contribution in [0.1, 0.15) is 16.6 Å². The van der Waals surface area contributed by atoms with E-state index in [4.69, 9.17) is 16.3 Å². The predicted molar refractivity (Wildman–Crippen MR) is 75.0 cm³/mol. The number of carbonyl (C=O) groups is 2. The summed E-state index contributed by atoms with van der Waals surface area (Å²) in [6.45, 7) is 1.43. The Labute approximate surface area is 119 Å². The molecule has 0 aliphatic rings. The quantitative estimate of drug-likeness (QED) is 0.695. The fourth-order valence-corrected chi connectivity index (χ4v) is 2.31. The van der Waals surface area contributed by atoms with E-state index >= 15 is 0 Å². The molecule has 0 bridgehead atoms. The number of thiophene rings is 1. The Balaban J connectivity index is 2.03. The first-order chi connectivity index (χ1) is 9.04. The lowest BCUT2D eigenvalue weighted by molar-refractivity contribution is -0.114. The van der Waals surface area contributed by atoms with E-state index in [2.05, 4.69) is 5.32 Å². The Bertz CT molecular complexity index is 607. The van der Waals surface area contributed by atoms with Crippen molar-refractivity contribution in [3.8, 4) is 5.75 Å². The van der Waals surface area contributed by atoms with Crippen LogP contribution in [0.5, 0.6) is 5.75 Å². The summed E-state index contributed by atoms with van der Waals surface area (Å²) in [5.41, 5.74) is 0.645.